The van der Waals surface area contributed by atoms with E-state index in [1.807, 2.05) is 0 Å². The molecule has 0 saturated heterocycles. The number of nitrogens with one attached hydrogen (secondary N) is 2. The van der Waals surface area contributed by atoms with E-state index >= 15 is 0 Å². The molecule has 0 heterocycles. The number of anilines is 1. The van der Waals surface area contributed by atoms with E-state index in [-0.39, 0.29) is 35.8 Å². The molecule has 8 nitrogen and oxygen atoms in total. The molecule has 2 rings (SSSR count). The second kappa shape index (κ2) is 9.92. The number of carbonyl (C=O) groups is 1. The van der Waals surface area contributed by atoms with Crippen molar-refractivity contribution in [2.24, 2.45) is 5.10 Å². The minimum Gasteiger partial charge on any atom is -0.480 e. The minimum atomic E-state index is -4.50. The number of amides is 1. The van der Waals surface area contributed by atoms with Crippen LogP contribution in [0, 0.1) is 22.5 Å². The molecule has 0 unspecified atom stereocenters. The highest BCUT2D eigenvalue weighted by Crippen LogP contribution is 2.30. The molecule has 0 saturated carbocycles. The number of hydrogen-bond acceptors (Lipinski definition) is 6. The molecular weight excluding hydrogens is 405 g/mol. The average molecular weight is 420 g/mol. The number of nitrogens with zero attached hydrogens (tertiary/aromatic N) is 2. The Kier molecular flexibility index (Phi) is 7.35. The van der Waals surface area contributed by atoms with Crippen LogP contribution in [-0.2, 0) is 11.0 Å². The molecule has 30 heavy (non-hydrogen) atoms. The van der Waals surface area contributed by atoms with Crippen molar-refractivity contribution in [1.82, 2.24) is 5.43 Å². The number of carbonyl (C=O) groups excluding carboxylic acids is 1. The van der Waals surface area contributed by atoms with Crippen LogP contribution >= 0.6 is 0 Å². The summed E-state index contributed by atoms with van der Waals surface area (Å²) in [4.78, 5) is 22.1. The molecule has 0 aliphatic heterocycles. The van der Waals surface area contributed by atoms with Gasteiger partial charge in [0.25, 0.3) is 11.6 Å². The van der Waals surface area contributed by atoms with Crippen LogP contribution in [0.4, 0.5) is 24.5 Å². The zero-order chi connectivity index (χ0) is 22.1. The summed E-state index contributed by atoms with van der Waals surface area (Å²) in [5.41, 5.74) is 1.39. The van der Waals surface area contributed by atoms with Crippen LogP contribution in [-0.4, -0.2) is 30.2 Å². The summed E-state index contributed by atoms with van der Waals surface area (Å²) in [6.45, 7) is -0.431. The molecule has 0 fully saturated rings. The third-order valence-electron chi connectivity index (χ3n) is 3.55. The van der Waals surface area contributed by atoms with Crippen LogP contribution in [0.15, 0.2) is 47.6 Å². The number of hydrazone groups is 1. The van der Waals surface area contributed by atoms with Gasteiger partial charge in [-0.1, -0.05) is 12.0 Å². The lowest BCUT2D eigenvalue weighted by molar-refractivity contribution is -0.384. The first-order valence-corrected chi connectivity index (χ1v) is 8.28. The summed E-state index contributed by atoms with van der Waals surface area (Å²) >= 11 is 0. The Morgan fingerprint density at radius 3 is 2.73 bits per heavy atom. The van der Waals surface area contributed by atoms with Crippen LogP contribution in [0.25, 0.3) is 0 Å². The fourth-order valence-corrected chi connectivity index (χ4v) is 2.20. The maximum atomic E-state index is 12.7. The Hall–Kier alpha value is -4.07. The first-order chi connectivity index (χ1) is 14.2. The Balaban J connectivity index is 2.00. The van der Waals surface area contributed by atoms with Gasteiger partial charge >= 0.3 is 6.18 Å². The number of terminal acetylenes is 1. The Morgan fingerprint density at radius 1 is 1.30 bits per heavy atom. The molecule has 2 aromatic carbocycles. The van der Waals surface area contributed by atoms with Crippen LogP contribution in [0.3, 0.4) is 0 Å². The van der Waals surface area contributed by atoms with E-state index in [2.05, 4.69) is 21.8 Å². The van der Waals surface area contributed by atoms with E-state index in [0.717, 1.165) is 18.3 Å². The third-order valence-corrected chi connectivity index (χ3v) is 3.55. The first-order valence-electron chi connectivity index (χ1n) is 8.28. The monoisotopic (exact) mass is 420 g/mol. The van der Waals surface area contributed by atoms with Gasteiger partial charge in [-0.05, 0) is 24.3 Å². The largest absolute Gasteiger partial charge is 0.480 e. The summed E-state index contributed by atoms with van der Waals surface area (Å²) in [6.07, 6.45) is 1.74. The van der Waals surface area contributed by atoms with Gasteiger partial charge in [-0.15, -0.1) is 6.42 Å². The number of nitro groups is 1. The van der Waals surface area contributed by atoms with Crippen molar-refractivity contribution in [3.63, 3.8) is 0 Å². The second-order valence-corrected chi connectivity index (χ2v) is 5.70. The number of halogens is 3. The number of nitro benzene ring substituents is 1. The lowest BCUT2D eigenvalue weighted by atomic mass is 10.2. The van der Waals surface area contributed by atoms with Crippen LogP contribution in [0.2, 0.25) is 0 Å². The topological polar surface area (TPSA) is 106 Å². The summed E-state index contributed by atoms with van der Waals surface area (Å²) in [5, 5.41) is 17.1. The van der Waals surface area contributed by atoms with Crippen molar-refractivity contribution in [2.45, 2.75) is 6.18 Å². The summed E-state index contributed by atoms with van der Waals surface area (Å²) in [7, 11) is 0. The predicted octanol–water partition coefficient (Wildman–Crippen LogP) is 3.19. The maximum Gasteiger partial charge on any atom is 0.416 e. The summed E-state index contributed by atoms with van der Waals surface area (Å²) < 4.78 is 43.3. The molecule has 11 heteroatoms. The molecule has 1 amide bonds. The number of hydrogen-bond donors (Lipinski definition) is 2. The van der Waals surface area contributed by atoms with E-state index in [1.165, 1.54) is 30.3 Å². The van der Waals surface area contributed by atoms with Crippen LogP contribution in [0.5, 0.6) is 5.75 Å². The van der Waals surface area contributed by atoms with Gasteiger partial charge in [0.05, 0.1) is 23.2 Å². The molecule has 0 aromatic heterocycles. The number of benzene rings is 2. The van der Waals surface area contributed by atoms with Gasteiger partial charge in [0.15, 0.2) is 0 Å². The van der Waals surface area contributed by atoms with E-state index in [0.29, 0.717) is 0 Å². The second-order valence-electron chi connectivity index (χ2n) is 5.70. The van der Waals surface area contributed by atoms with E-state index < -0.39 is 22.6 Å². The van der Waals surface area contributed by atoms with Crippen LogP contribution < -0.4 is 15.5 Å². The highest BCUT2D eigenvalue weighted by atomic mass is 19.4. The van der Waals surface area contributed by atoms with Crippen LogP contribution in [0.1, 0.15) is 11.1 Å². The summed E-state index contributed by atoms with van der Waals surface area (Å²) in [6, 6.07) is 8.12. The number of rotatable bonds is 8. The summed E-state index contributed by atoms with van der Waals surface area (Å²) in [5.74, 6) is 1.82. The quantitative estimate of drug-likeness (QED) is 0.295. The third kappa shape index (κ3) is 6.52. The molecule has 2 N–H and O–H groups in total. The standard InChI is InChI=1S/C19H15F3N4O4/c1-2-8-30-17-7-6-16(26(28)29)9-13(17)11-24-25-18(27)12-23-15-5-3-4-14(10-15)19(20,21)22/h1,3-7,9-11,23H,8,12H2,(H,25,27)/b24-11-. The highest BCUT2D eigenvalue weighted by molar-refractivity contribution is 5.87. The van der Waals surface area contributed by atoms with Crippen molar-refractivity contribution in [3.05, 3.63) is 63.7 Å². The van der Waals surface area contributed by atoms with E-state index in [4.69, 9.17) is 11.2 Å². The van der Waals surface area contributed by atoms with Crippen molar-refractivity contribution in [2.75, 3.05) is 18.5 Å². The zero-order valence-corrected chi connectivity index (χ0v) is 15.3. The fraction of sp³-hybridized carbons (Fsp3) is 0.158. The maximum absolute atomic E-state index is 12.7. The van der Waals surface area contributed by atoms with E-state index in [9.17, 15) is 28.1 Å². The molecule has 0 atom stereocenters. The normalized spacial score (nSPS) is 11.0. The van der Waals surface area contributed by atoms with Crippen molar-refractivity contribution in [1.29, 1.82) is 0 Å². The van der Waals surface area contributed by atoms with Gasteiger partial charge in [0, 0.05) is 23.4 Å². The van der Waals surface area contributed by atoms with Crippen molar-refractivity contribution >= 4 is 23.5 Å². The SMILES string of the molecule is C#CCOc1ccc([N+](=O)[O-])cc1/C=N\NC(=O)CNc1cccc(C(F)(F)F)c1. The Bertz CT molecular complexity index is 1000. The molecule has 0 radical (unpaired) electrons. The van der Waals surface area contributed by atoms with Crippen molar-refractivity contribution < 1.29 is 27.6 Å². The lowest BCUT2D eigenvalue weighted by Gasteiger charge is -2.10. The first kappa shape index (κ1) is 22.2. The fourth-order valence-electron chi connectivity index (χ4n) is 2.20. The van der Waals surface area contributed by atoms with Gasteiger partial charge in [-0.25, -0.2) is 5.43 Å². The lowest BCUT2D eigenvalue weighted by Crippen LogP contribution is -2.26. The van der Waals surface area contributed by atoms with Gasteiger partial charge in [-0.2, -0.15) is 18.3 Å². The smallest absolute Gasteiger partial charge is 0.416 e. The van der Waals surface area contributed by atoms with Gasteiger partial charge in [0.2, 0.25) is 0 Å². The zero-order valence-electron chi connectivity index (χ0n) is 15.3. The highest BCUT2D eigenvalue weighted by Gasteiger charge is 2.30. The number of alkyl halides is 3. The van der Waals surface area contributed by atoms with Crippen molar-refractivity contribution in [3.8, 4) is 18.1 Å². The predicted molar refractivity (Wildman–Crippen MR) is 103 cm³/mol. The Morgan fingerprint density at radius 2 is 2.07 bits per heavy atom. The molecular formula is C19H15F3N4O4. The molecule has 2 aromatic rings. The molecule has 0 bridgehead atoms. The molecule has 0 spiro atoms. The molecule has 156 valence electrons. The van der Waals surface area contributed by atoms with Gasteiger partial charge in [-0.3, -0.25) is 14.9 Å². The molecule has 0 aliphatic rings. The average Bonchev–Trinajstić information content (AvgIpc) is 2.70. The van der Waals surface area contributed by atoms with Gasteiger partial charge < -0.3 is 10.1 Å². The number of ether oxygens (including phenoxy) is 1. The Labute approximate surface area is 168 Å². The number of non-ortho nitro benzene ring substituents is 1. The minimum absolute atomic E-state index is 0.0775. The van der Waals surface area contributed by atoms with Gasteiger partial charge in [0.1, 0.15) is 12.4 Å². The van der Waals surface area contributed by atoms with E-state index in [1.54, 1.807) is 0 Å². The molecule has 0 aliphatic carbocycles.